The Morgan fingerprint density at radius 1 is 1.06 bits per heavy atom. The van der Waals surface area contributed by atoms with Crippen LogP contribution in [0.15, 0.2) is 71.7 Å². The van der Waals surface area contributed by atoms with Crippen LogP contribution in [0.5, 0.6) is 0 Å². The van der Waals surface area contributed by atoms with E-state index in [-0.39, 0.29) is 6.42 Å². The van der Waals surface area contributed by atoms with Gasteiger partial charge in [-0.1, -0.05) is 59.6 Å². The summed E-state index contributed by atoms with van der Waals surface area (Å²) in [4.78, 5) is 43.6. The molecule has 1 aliphatic rings. The number of benzodiazepines with no additional fused rings is 1. The zero-order valence-electron chi connectivity index (χ0n) is 18.1. The lowest BCUT2D eigenvalue weighted by atomic mass is 9.99. The van der Waals surface area contributed by atoms with Crippen molar-refractivity contribution in [3.8, 4) is 0 Å². The normalized spacial score (nSPS) is 15.3. The molecule has 0 radical (unpaired) electrons. The number of primary amides is 1. The zero-order valence-corrected chi connectivity index (χ0v) is 19.6. The second kappa shape index (κ2) is 9.67. The Labute approximate surface area is 206 Å². The molecule has 0 saturated carbocycles. The number of hydrogen-bond donors (Lipinski definition) is 2. The van der Waals surface area contributed by atoms with Gasteiger partial charge in [0.25, 0.3) is 5.91 Å². The van der Waals surface area contributed by atoms with Crippen LogP contribution in [0.25, 0.3) is 0 Å². The molecule has 1 aliphatic heterocycles. The molecule has 0 bridgehead atoms. The third-order valence-corrected chi connectivity index (χ3v) is 6.04. The van der Waals surface area contributed by atoms with Gasteiger partial charge >= 0.3 is 0 Å². The minimum atomic E-state index is -1.17. The molecule has 4 rings (SSSR count). The van der Waals surface area contributed by atoms with Gasteiger partial charge in [0.2, 0.25) is 18.0 Å². The van der Waals surface area contributed by atoms with Crippen LogP contribution in [0.2, 0.25) is 10.0 Å². The maximum absolute atomic E-state index is 13.2. The molecule has 7 nitrogen and oxygen atoms in total. The summed E-state index contributed by atoms with van der Waals surface area (Å²) in [5, 5.41) is 3.53. The number of anilines is 1. The third-order valence-electron chi connectivity index (χ3n) is 5.45. The van der Waals surface area contributed by atoms with Gasteiger partial charge in [-0.15, -0.1) is 0 Å². The van der Waals surface area contributed by atoms with Crippen molar-refractivity contribution in [2.24, 2.45) is 10.7 Å². The molecule has 3 amide bonds. The summed E-state index contributed by atoms with van der Waals surface area (Å²) >= 11 is 12.1. The van der Waals surface area contributed by atoms with Crippen LogP contribution < -0.4 is 16.0 Å². The number of carbonyl (C=O) groups excluding carboxylic acids is 3. The van der Waals surface area contributed by atoms with Gasteiger partial charge in [0.15, 0.2) is 0 Å². The van der Waals surface area contributed by atoms with E-state index in [1.165, 1.54) is 4.90 Å². The van der Waals surface area contributed by atoms with Crippen molar-refractivity contribution >= 4 is 52.3 Å². The van der Waals surface area contributed by atoms with Crippen LogP contribution in [-0.4, -0.2) is 36.6 Å². The van der Waals surface area contributed by atoms with Crippen LogP contribution in [0.4, 0.5) is 5.69 Å². The molecule has 172 valence electrons. The van der Waals surface area contributed by atoms with Gasteiger partial charge in [0.1, 0.15) is 0 Å². The van der Waals surface area contributed by atoms with Crippen molar-refractivity contribution in [3.63, 3.8) is 0 Å². The summed E-state index contributed by atoms with van der Waals surface area (Å²) in [5.41, 5.74) is 8.80. The van der Waals surface area contributed by atoms with Gasteiger partial charge in [0.05, 0.1) is 17.8 Å². The molecule has 0 aliphatic carbocycles. The number of nitrogens with zero attached hydrogens (tertiary/aromatic N) is 2. The summed E-state index contributed by atoms with van der Waals surface area (Å²) in [6.07, 6.45) is -1.21. The van der Waals surface area contributed by atoms with E-state index >= 15 is 0 Å². The molecule has 34 heavy (non-hydrogen) atoms. The van der Waals surface area contributed by atoms with Gasteiger partial charge in [-0.3, -0.25) is 14.4 Å². The molecule has 0 aromatic heterocycles. The van der Waals surface area contributed by atoms with Crippen molar-refractivity contribution in [2.75, 3.05) is 11.9 Å². The van der Waals surface area contributed by atoms with E-state index in [0.29, 0.717) is 43.7 Å². The molecular formula is C25H20Cl2N4O3. The number of benzene rings is 3. The number of nitrogens with one attached hydrogen (secondary N) is 1. The molecular weight excluding hydrogens is 475 g/mol. The Morgan fingerprint density at radius 3 is 2.44 bits per heavy atom. The van der Waals surface area contributed by atoms with Crippen molar-refractivity contribution < 1.29 is 14.4 Å². The Balaban J connectivity index is 1.70. The van der Waals surface area contributed by atoms with E-state index in [2.05, 4.69) is 10.3 Å². The van der Waals surface area contributed by atoms with E-state index in [0.717, 1.165) is 0 Å². The number of hydrogen-bond acceptors (Lipinski definition) is 4. The summed E-state index contributed by atoms with van der Waals surface area (Å²) < 4.78 is 0. The predicted molar refractivity (Wildman–Crippen MR) is 133 cm³/mol. The molecule has 3 aromatic rings. The number of rotatable bonds is 5. The lowest BCUT2D eigenvalue weighted by Crippen LogP contribution is -2.46. The average molecular weight is 495 g/mol. The zero-order chi connectivity index (χ0) is 24.4. The topological polar surface area (TPSA) is 105 Å². The van der Waals surface area contributed by atoms with Gasteiger partial charge in [-0.25, -0.2) is 4.99 Å². The average Bonchev–Trinajstić information content (AvgIpc) is 2.92. The molecule has 9 heteroatoms. The Bertz CT molecular complexity index is 1320. The number of carbonyl (C=O) groups is 3. The number of halogens is 2. The maximum atomic E-state index is 13.2. The van der Waals surface area contributed by atoms with E-state index in [4.69, 9.17) is 28.9 Å². The fraction of sp³-hybridized carbons (Fsp3) is 0.120. The minimum Gasteiger partial charge on any atom is -0.366 e. The van der Waals surface area contributed by atoms with Gasteiger partial charge in [0, 0.05) is 33.8 Å². The predicted octanol–water partition coefficient (Wildman–Crippen LogP) is 3.59. The van der Waals surface area contributed by atoms with Gasteiger partial charge < -0.3 is 16.0 Å². The first-order chi connectivity index (χ1) is 16.2. The number of likely N-dealkylation sites (N-methyl/N-ethyl adjacent to an activating group) is 1. The van der Waals surface area contributed by atoms with Crippen LogP contribution >= 0.6 is 23.2 Å². The van der Waals surface area contributed by atoms with Crippen LogP contribution in [0, 0.1) is 0 Å². The summed E-state index contributed by atoms with van der Waals surface area (Å²) in [5.74, 6) is -1.36. The quantitative estimate of drug-likeness (QED) is 0.565. The highest BCUT2D eigenvalue weighted by molar-refractivity contribution is 6.35. The fourth-order valence-electron chi connectivity index (χ4n) is 3.68. The van der Waals surface area contributed by atoms with Crippen LogP contribution in [0.1, 0.15) is 27.0 Å². The molecule has 1 unspecified atom stereocenters. The van der Waals surface area contributed by atoms with Gasteiger partial charge in [-0.05, 0) is 35.9 Å². The smallest absolute Gasteiger partial charge is 0.272 e. The maximum Gasteiger partial charge on any atom is 0.272 e. The minimum absolute atomic E-state index is 0.0470. The Hall–Kier alpha value is -3.68. The number of fused-ring (bicyclic) bond motifs is 1. The lowest BCUT2D eigenvalue weighted by molar-refractivity contribution is -0.126. The number of nitrogens with two attached hydrogens (primary N) is 1. The monoisotopic (exact) mass is 494 g/mol. The first-order valence-electron chi connectivity index (χ1n) is 10.3. The largest absolute Gasteiger partial charge is 0.366 e. The molecule has 0 spiro atoms. The first-order valence-corrected chi connectivity index (χ1v) is 11.1. The number of para-hydroxylation sites is 1. The molecule has 0 saturated heterocycles. The third kappa shape index (κ3) is 4.81. The number of aliphatic imine (C=N–C) groups is 1. The standard InChI is InChI=1S/C25H20Cl2N4O3/c1-31-20-5-3-2-4-18(20)22(14-6-8-15(9-7-14)23(28)33)30-24(25(31)34)29-21(32)12-16-10-11-17(26)13-19(16)27/h2-11,13,24H,12H2,1H3,(H2,28,33)(H,29,32). The second-order valence-electron chi connectivity index (χ2n) is 7.72. The molecule has 3 aromatic carbocycles. The number of amides is 3. The molecule has 3 N–H and O–H groups in total. The van der Waals surface area contributed by atoms with E-state index in [9.17, 15) is 14.4 Å². The molecule has 1 atom stereocenters. The first kappa shape index (κ1) is 23.5. The fourth-order valence-corrected chi connectivity index (χ4v) is 4.16. The van der Waals surface area contributed by atoms with Gasteiger partial charge in [-0.2, -0.15) is 0 Å². The Kier molecular flexibility index (Phi) is 6.68. The highest BCUT2D eigenvalue weighted by atomic mass is 35.5. The van der Waals surface area contributed by atoms with Crippen molar-refractivity contribution in [1.82, 2.24) is 5.32 Å². The summed E-state index contributed by atoms with van der Waals surface area (Å²) in [7, 11) is 1.63. The lowest BCUT2D eigenvalue weighted by Gasteiger charge is -2.21. The highest BCUT2D eigenvalue weighted by Crippen LogP contribution is 2.27. The second-order valence-corrected chi connectivity index (χ2v) is 8.56. The summed E-state index contributed by atoms with van der Waals surface area (Å²) in [6.45, 7) is 0. The van der Waals surface area contributed by atoms with Crippen molar-refractivity contribution in [3.05, 3.63) is 99.0 Å². The summed E-state index contributed by atoms with van der Waals surface area (Å²) in [6, 6.07) is 18.8. The highest BCUT2D eigenvalue weighted by Gasteiger charge is 2.31. The molecule has 0 fully saturated rings. The Morgan fingerprint density at radius 2 is 1.76 bits per heavy atom. The van der Waals surface area contributed by atoms with E-state index in [1.807, 2.05) is 18.2 Å². The van der Waals surface area contributed by atoms with Crippen LogP contribution in [0.3, 0.4) is 0 Å². The van der Waals surface area contributed by atoms with Crippen molar-refractivity contribution in [1.29, 1.82) is 0 Å². The SMILES string of the molecule is CN1C(=O)C(NC(=O)Cc2ccc(Cl)cc2Cl)N=C(c2ccc(C(N)=O)cc2)c2ccccc21. The van der Waals surface area contributed by atoms with E-state index in [1.54, 1.807) is 55.6 Å². The van der Waals surface area contributed by atoms with Crippen LogP contribution in [-0.2, 0) is 16.0 Å². The van der Waals surface area contributed by atoms with Crippen molar-refractivity contribution in [2.45, 2.75) is 12.6 Å². The molecule has 1 heterocycles. The van der Waals surface area contributed by atoms with E-state index < -0.39 is 23.9 Å².